The molecule has 0 fully saturated rings. The average molecular weight is 157 g/mol. The second-order valence-corrected chi connectivity index (χ2v) is 2.35. The largest absolute Gasteiger partial charge is 0.387 e. The van der Waals surface area contributed by atoms with Gasteiger partial charge in [-0.1, -0.05) is 0 Å². The normalized spacial score (nSPS) is 13.1. The molecule has 0 saturated carbocycles. The van der Waals surface area contributed by atoms with Gasteiger partial charge in [0.2, 0.25) is 5.95 Å². The minimum atomic E-state index is -0.574. The SMILES string of the molecule is CC(O)c1cnc(NO)n1C. The van der Waals surface area contributed by atoms with Crippen molar-refractivity contribution >= 4 is 5.95 Å². The minimum Gasteiger partial charge on any atom is -0.387 e. The number of nitrogens with one attached hydrogen (secondary N) is 1. The van der Waals surface area contributed by atoms with Gasteiger partial charge in [0.1, 0.15) is 0 Å². The van der Waals surface area contributed by atoms with Crippen molar-refractivity contribution in [1.29, 1.82) is 0 Å². The van der Waals surface area contributed by atoms with Crippen LogP contribution in [-0.2, 0) is 7.05 Å². The van der Waals surface area contributed by atoms with Crippen LogP contribution in [0.4, 0.5) is 5.95 Å². The maximum absolute atomic E-state index is 9.14. The van der Waals surface area contributed by atoms with E-state index in [-0.39, 0.29) is 0 Å². The van der Waals surface area contributed by atoms with E-state index in [1.807, 2.05) is 5.48 Å². The Kier molecular flexibility index (Phi) is 2.11. The fraction of sp³-hybridized carbons (Fsp3) is 0.500. The number of aliphatic hydroxyl groups is 1. The number of hydrogen-bond donors (Lipinski definition) is 3. The number of nitrogens with zero attached hydrogens (tertiary/aromatic N) is 2. The summed E-state index contributed by atoms with van der Waals surface area (Å²) in [5.41, 5.74) is 2.57. The quantitative estimate of drug-likeness (QED) is 0.539. The first-order valence-corrected chi connectivity index (χ1v) is 3.26. The summed E-state index contributed by atoms with van der Waals surface area (Å²) in [6.07, 6.45) is 0.929. The summed E-state index contributed by atoms with van der Waals surface area (Å²) in [6.45, 7) is 1.64. The van der Waals surface area contributed by atoms with Crippen molar-refractivity contribution in [1.82, 2.24) is 9.55 Å². The fourth-order valence-electron chi connectivity index (χ4n) is 0.915. The van der Waals surface area contributed by atoms with Crippen LogP contribution in [0.1, 0.15) is 18.7 Å². The number of hydrogen-bond acceptors (Lipinski definition) is 4. The average Bonchev–Trinajstić information content (AvgIpc) is 2.30. The summed E-state index contributed by atoms with van der Waals surface area (Å²) in [5, 5.41) is 17.6. The van der Waals surface area contributed by atoms with Crippen LogP contribution >= 0.6 is 0 Å². The molecule has 1 rings (SSSR count). The summed E-state index contributed by atoms with van der Waals surface area (Å²) in [7, 11) is 1.70. The molecule has 1 unspecified atom stereocenters. The lowest BCUT2D eigenvalue weighted by atomic mass is 10.3. The van der Waals surface area contributed by atoms with E-state index >= 15 is 0 Å². The highest BCUT2D eigenvalue weighted by Crippen LogP contribution is 2.14. The van der Waals surface area contributed by atoms with Crippen LogP contribution in [-0.4, -0.2) is 19.9 Å². The van der Waals surface area contributed by atoms with E-state index in [0.717, 1.165) is 0 Å². The predicted octanol–water partition coefficient (Wildman–Crippen LogP) is 0.274. The molecule has 62 valence electrons. The lowest BCUT2D eigenvalue weighted by Gasteiger charge is -2.05. The van der Waals surface area contributed by atoms with Crippen LogP contribution in [0.5, 0.6) is 0 Å². The Bertz CT molecular complexity index is 244. The van der Waals surface area contributed by atoms with Gasteiger partial charge >= 0.3 is 0 Å². The van der Waals surface area contributed by atoms with E-state index < -0.39 is 6.10 Å². The van der Waals surface area contributed by atoms with Gasteiger partial charge < -0.3 is 9.67 Å². The predicted molar refractivity (Wildman–Crippen MR) is 39.3 cm³/mol. The summed E-state index contributed by atoms with van der Waals surface area (Å²) < 4.78 is 1.57. The van der Waals surface area contributed by atoms with Crippen LogP contribution in [0, 0.1) is 0 Å². The smallest absolute Gasteiger partial charge is 0.227 e. The molecule has 5 nitrogen and oxygen atoms in total. The zero-order valence-corrected chi connectivity index (χ0v) is 6.44. The lowest BCUT2D eigenvalue weighted by Crippen LogP contribution is -2.04. The lowest BCUT2D eigenvalue weighted by molar-refractivity contribution is 0.190. The maximum Gasteiger partial charge on any atom is 0.227 e. The molecule has 11 heavy (non-hydrogen) atoms. The van der Waals surface area contributed by atoms with Crippen LogP contribution in [0.25, 0.3) is 0 Å². The molecular formula is C6H11N3O2. The molecule has 0 spiro atoms. The molecule has 0 amide bonds. The summed E-state index contributed by atoms with van der Waals surface area (Å²) in [6, 6.07) is 0. The summed E-state index contributed by atoms with van der Waals surface area (Å²) in [4.78, 5) is 3.80. The Balaban J connectivity index is 3.00. The van der Waals surface area contributed by atoms with E-state index in [9.17, 15) is 0 Å². The molecule has 0 bridgehead atoms. The Morgan fingerprint density at radius 3 is 2.64 bits per heavy atom. The van der Waals surface area contributed by atoms with Gasteiger partial charge in [-0.05, 0) is 6.92 Å². The Morgan fingerprint density at radius 2 is 2.36 bits per heavy atom. The number of anilines is 1. The van der Waals surface area contributed by atoms with Gasteiger partial charge in [0.15, 0.2) is 0 Å². The fourth-order valence-corrected chi connectivity index (χ4v) is 0.915. The molecule has 1 atom stereocenters. The first kappa shape index (κ1) is 8.03. The third-order valence-electron chi connectivity index (χ3n) is 1.55. The monoisotopic (exact) mass is 157 g/mol. The highest BCUT2D eigenvalue weighted by Gasteiger charge is 2.08. The van der Waals surface area contributed by atoms with Gasteiger partial charge in [-0.15, -0.1) is 0 Å². The zero-order valence-electron chi connectivity index (χ0n) is 6.44. The summed E-state index contributed by atoms with van der Waals surface area (Å²) >= 11 is 0. The topological polar surface area (TPSA) is 70.3 Å². The van der Waals surface area contributed by atoms with Gasteiger partial charge in [-0.25, -0.2) is 10.5 Å². The third-order valence-corrected chi connectivity index (χ3v) is 1.55. The van der Waals surface area contributed by atoms with Gasteiger partial charge in [-0.3, -0.25) is 5.21 Å². The Morgan fingerprint density at radius 1 is 1.73 bits per heavy atom. The molecule has 1 aromatic heterocycles. The van der Waals surface area contributed by atoms with Crippen molar-refractivity contribution in [3.05, 3.63) is 11.9 Å². The van der Waals surface area contributed by atoms with Crippen molar-refractivity contribution in [2.75, 3.05) is 5.48 Å². The van der Waals surface area contributed by atoms with Crippen LogP contribution in [0.3, 0.4) is 0 Å². The van der Waals surface area contributed by atoms with Gasteiger partial charge in [0.05, 0.1) is 18.0 Å². The van der Waals surface area contributed by atoms with E-state index in [1.165, 1.54) is 6.20 Å². The van der Waals surface area contributed by atoms with E-state index in [2.05, 4.69) is 4.98 Å². The first-order chi connectivity index (χ1) is 5.16. The van der Waals surface area contributed by atoms with Crippen LogP contribution in [0.15, 0.2) is 6.20 Å². The molecule has 0 aliphatic rings. The molecule has 0 aliphatic heterocycles. The van der Waals surface area contributed by atoms with Crippen molar-refractivity contribution in [2.45, 2.75) is 13.0 Å². The first-order valence-electron chi connectivity index (χ1n) is 3.26. The van der Waals surface area contributed by atoms with E-state index in [4.69, 9.17) is 10.3 Å². The number of aromatic nitrogens is 2. The highest BCUT2D eigenvalue weighted by atomic mass is 16.5. The van der Waals surface area contributed by atoms with Gasteiger partial charge in [0, 0.05) is 7.05 Å². The molecule has 0 aromatic carbocycles. The number of imidazole rings is 1. The Hall–Kier alpha value is -1.07. The molecule has 1 heterocycles. The van der Waals surface area contributed by atoms with Crippen LogP contribution < -0.4 is 5.48 Å². The molecule has 0 saturated heterocycles. The molecule has 3 N–H and O–H groups in total. The molecular weight excluding hydrogens is 146 g/mol. The van der Waals surface area contributed by atoms with E-state index in [1.54, 1.807) is 18.5 Å². The third kappa shape index (κ3) is 1.33. The number of rotatable bonds is 2. The highest BCUT2D eigenvalue weighted by molar-refractivity contribution is 5.26. The molecule has 0 radical (unpaired) electrons. The Labute approximate surface area is 64.3 Å². The van der Waals surface area contributed by atoms with E-state index in [0.29, 0.717) is 11.6 Å². The number of aliphatic hydroxyl groups excluding tert-OH is 1. The molecule has 0 aliphatic carbocycles. The standard InChI is InChI=1S/C6H11N3O2/c1-4(10)5-3-7-6(8-11)9(5)2/h3-4,10-11H,1-2H3,(H,7,8). The second-order valence-electron chi connectivity index (χ2n) is 2.35. The second kappa shape index (κ2) is 2.89. The van der Waals surface area contributed by atoms with Gasteiger partial charge in [0.25, 0.3) is 0 Å². The zero-order chi connectivity index (χ0) is 8.43. The van der Waals surface area contributed by atoms with Crippen molar-refractivity contribution in [3.8, 4) is 0 Å². The van der Waals surface area contributed by atoms with Crippen molar-refractivity contribution in [3.63, 3.8) is 0 Å². The minimum absolute atomic E-state index is 0.320. The molecule has 1 aromatic rings. The van der Waals surface area contributed by atoms with Crippen molar-refractivity contribution in [2.24, 2.45) is 7.05 Å². The summed E-state index contributed by atoms with van der Waals surface area (Å²) in [5.74, 6) is 0.320. The van der Waals surface area contributed by atoms with Crippen LogP contribution in [0.2, 0.25) is 0 Å². The van der Waals surface area contributed by atoms with Gasteiger partial charge in [-0.2, -0.15) is 0 Å². The maximum atomic E-state index is 9.14. The molecule has 5 heteroatoms. The van der Waals surface area contributed by atoms with Crippen molar-refractivity contribution < 1.29 is 10.3 Å².